The van der Waals surface area contributed by atoms with Crippen LogP contribution in [-0.4, -0.2) is 11.7 Å². The Morgan fingerprint density at radius 3 is 2.57 bits per heavy atom. The highest BCUT2D eigenvalue weighted by Crippen LogP contribution is 2.23. The van der Waals surface area contributed by atoms with Crippen LogP contribution in [0.25, 0.3) is 0 Å². The van der Waals surface area contributed by atoms with Crippen LogP contribution in [0.4, 0.5) is 4.39 Å². The maximum absolute atomic E-state index is 13.0. The van der Waals surface area contributed by atoms with E-state index >= 15 is 0 Å². The summed E-state index contributed by atoms with van der Waals surface area (Å²) >= 11 is 0. The molecule has 0 heterocycles. The minimum Gasteiger partial charge on any atom is -0.505 e. The topological polar surface area (TPSA) is 46.2 Å². The van der Waals surface area contributed by atoms with Crippen LogP contribution in [0, 0.1) is 11.2 Å². The first-order valence-corrected chi connectivity index (χ1v) is 4.62. The van der Waals surface area contributed by atoms with Gasteiger partial charge >= 0.3 is 0 Å². The second kappa shape index (κ2) is 3.96. The Morgan fingerprint density at radius 2 is 2.07 bits per heavy atom. The van der Waals surface area contributed by atoms with Gasteiger partial charge in [0.1, 0.15) is 0 Å². The Kier molecular flexibility index (Phi) is 3.11. The fourth-order valence-electron chi connectivity index (χ4n) is 1.29. The molecular weight excluding hydrogens is 181 g/mol. The molecule has 0 saturated carbocycles. The predicted molar refractivity (Wildman–Crippen MR) is 54.6 cm³/mol. The summed E-state index contributed by atoms with van der Waals surface area (Å²) in [6.07, 6.45) is 0.709. The van der Waals surface area contributed by atoms with E-state index in [0.717, 1.165) is 5.56 Å². The number of benzene rings is 1. The molecule has 1 aromatic carbocycles. The van der Waals surface area contributed by atoms with Crippen molar-refractivity contribution in [3.8, 4) is 5.75 Å². The number of hydrogen-bond acceptors (Lipinski definition) is 2. The fourth-order valence-corrected chi connectivity index (χ4v) is 1.29. The molecule has 3 heteroatoms. The number of halogens is 1. The van der Waals surface area contributed by atoms with Gasteiger partial charge in [0.15, 0.2) is 11.6 Å². The van der Waals surface area contributed by atoms with Crippen molar-refractivity contribution in [2.45, 2.75) is 20.3 Å². The van der Waals surface area contributed by atoms with Crippen molar-refractivity contribution >= 4 is 0 Å². The van der Waals surface area contributed by atoms with Gasteiger partial charge in [0.2, 0.25) is 0 Å². The number of phenolic OH excluding ortho intramolecular Hbond substituents is 1. The van der Waals surface area contributed by atoms with Crippen LogP contribution in [0.2, 0.25) is 0 Å². The summed E-state index contributed by atoms with van der Waals surface area (Å²) in [7, 11) is 0. The summed E-state index contributed by atoms with van der Waals surface area (Å²) in [5.41, 5.74) is 6.40. The minimum atomic E-state index is -0.574. The molecule has 0 unspecified atom stereocenters. The number of hydrogen-bond donors (Lipinski definition) is 2. The van der Waals surface area contributed by atoms with Crippen molar-refractivity contribution in [2.75, 3.05) is 6.54 Å². The molecule has 0 aromatic heterocycles. The van der Waals surface area contributed by atoms with Gasteiger partial charge in [0.05, 0.1) is 0 Å². The maximum Gasteiger partial charge on any atom is 0.165 e. The van der Waals surface area contributed by atoms with E-state index in [1.165, 1.54) is 12.1 Å². The lowest BCUT2D eigenvalue weighted by molar-refractivity contribution is 0.374. The van der Waals surface area contributed by atoms with Crippen molar-refractivity contribution < 1.29 is 9.50 Å². The summed E-state index contributed by atoms with van der Waals surface area (Å²) in [5, 5.41) is 9.00. The predicted octanol–water partition coefficient (Wildman–Crippen LogP) is 2.06. The molecule has 0 aliphatic heterocycles. The van der Waals surface area contributed by atoms with E-state index in [1.54, 1.807) is 6.07 Å². The van der Waals surface area contributed by atoms with E-state index in [2.05, 4.69) is 0 Å². The fraction of sp³-hybridized carbons (Fsp3) is 0.455. The Morgan fingerprint density at radius 1 is 1.43 bits per heavy atom. The molecule has 0 atom stereocenters. The van der Waals surface area contributed by atoms with Crippen LogP contribution in [0.1, 0.15) is 19.4 Å². The Bertz CT molecular complexity index is 323. The SMILES string of the molecule is CC(C)(CN)Cc1ccc(O)c(F)c1. The van der Waals surface area contributed by atoms with Gasteiger partial charge < -0.3 is 10.8 Å². The molecule has 14 heavy (non-hydrogen) atoms. The van der Waals surface area contributed by atoms with Gasteiger partial charge in [-0.2, -0.15) is 0 Å². The molecule has 0 saturated heterocycles. The molecule has 0 radical (unpaired) electrons. The molecule has 0 spiro atoms. The zero-order chi connectivity index (χ0) is 10.8. The quantitative estimate of drug-likeness (QED) is 0.779. The van der Waals surface area contributed by atoms with Crippen LogP contribution in [0.5, 0.6) is 5.75 Å². The highest BCUT2D eigenvalue weighted by atomic mass is 19.1. The van der Waals surface area contributed by atoms with E-state index in [9.17, 15) is 4.39 Å². The van der Waals surface area contributed by atoms with Crippen LogP contribution >= 0.6 is 0 Å². The van der Waals surface area contributed by atoms with E-state index in [-0.39, 0.29) is 11.2 Å². The largest absolute Gasteiger partial charge is 0.505 e. The van der Waals surface area contributed by atoms with E-state index in [1.807, 2.05) is 13.8 Å². The zero-order valence-electron chi connectivity index (χ0n) is 8.55. The lowest BCUT2D eigenvalue weighted by atomic mass is 9.86. The van der Waals surface area contributed by atoms with E-state index < -0.39 is 5.82 Å². The summed E-state index contributed by atoms with van der Waals surface area (Å²) < 4.78 is 13.0. The van der Waals surface area contributed by atoms with Crippen molar-refractivity contribution in [2.24, 2.45) is 11.1 Å². The first-order chi connectivity index (χ1) is 6.44. The Balaban J connectivity index is 2.83. The third-order valence-electron chi connectivity index (χ3n) is 2.25. The molecule has 2 nitrogen and oxygen atoms in total. The molecule has 0 aliphatic carbocycles. The maximum atomic E-state index is 13.0. The average molecular weight is 197 g/mol. The van der Waals surface area contributed by atoms with E-state index in [4.69, 9.17) is 10.8 Å². The van der Waals surface area contributed by atoms with Gasteiger partial charge in [0.25, 0.3) is 0 Å². The third-order valence-corrected chi connectivity index (χ3v) is 2.25. The first kappa shape index (κ1) is 11.0. The monoisotopic (exact) mass is 197 g/mol. The van der Waals surface area contributed by atoms with Crippen molar-refractivity contribution in [1.29, 1.82) is 0 Å². The van der Waals surface area contributed by atoms with Crippen LogP contribution in [-0.2, 0) is 6.42 Å². The van der Waals surface area contributed by atoms with Gasteiger partial charge in [0, 0.05) is 0 Å². The lowest BCUT2D eigenvalue weighted by Crippen LogP contribution is -2.25. The standard InChI is InChI=1S/C11H16FNO/c1-11(2,7-13)6-8-3-4-10(14)9(12)5-8/h3-5,14H,6-7,13H2,1-2H3. The molecule has 0 amide bonds. The molecular formula is C11H16FNO. The summed E-state index contributed by atoms with van der Waals surface area (Å²) in [6, 6.07) is 4.44. The Hall–Kier alpha value is -1.09. The van der Waals surface area contributed by atoms with Gasteiger partial charge in [-0.15, -0.1) is 0 Å². The van der Waals surface area contributed by atoms with Gasteiger partial charge in [-0.05, 0) is 36.1 Å². The zero-order valence-corrected chi connectivity index (χ0v) is 8.55. The van der Waals surface area contributed by atoms with Gasteiger partial charge in [-0.25, -0.2) is 4.39 Å². The minimum absolute atomic E-state index is 0.0383. The molecule has 3 N–H and O–H groups in total. The van der Waals surface area contributed by atoms with Gasteiger partial charge in [-0.3, -0.25) is 0 Å². The molecule has 1 aromatic rings. The second-order valence-corrected chi connectivity index (χ2v) is 4.33. The van der Waals surface area contributed by atoms with E-state index in [0.29, 0.717) is 13.0 Å². The highest BCUT2D eigenvalue weighted by molar-refractivity contribution is 5.28. The van der Waals surface area contributed by atoms with Crippen molar-refractivity contribution in [3.63, 3.8) is 0 Å². The van der Waals surface area contributed by atoms with Crippen molar-refractivity contribution in [1.82, 2.24) is 0 Å². The summed E-state index contributed by atoms with van der Waals surface area (Å²) in [6.45, 7) is 4.60. The summed E-state index contributed by atoms with van der Waals surface area (Å²) in [4.78, 5) is 0. The summed E-state index contributed by atoms with van der Waals surface area (Å²) in [5.74, 6) is -0.880. The number of rotatable bonds is 3. The number of phenols is 1. The number of nitrogens with two attached hydrogens (primary N) is 1. The highest BCUT2D eigenvalue weighted by Gasteiger charge is 2.16. The normalized spacial score (nSPS) is 11.7. The lowest BCUT2D eigenvalue weighted by Gasteiger charge is -2.22. The van der Waals surface area contributed by atoms with Crippen LogP contribution < -0.4 is 5.73 Å². The second-order valence-electron chi connectivity index (χ2n) is 4.33. The molecule has 0 aliphatic rings. The number of aromatic hydroxyl groups is 1. The smallest absolute Gasteiger partial charge is 0.165 e. The first-order valence-electron chi connectivity index (χ1n) is 4.62. The van der Waals surface area contributed by atoms with Gasteiger partial charge in [-0.1, -0.05) is 19.9 Å². The van der Waals surface area contributed by atoms with Crippen LogP contribution in [0.15, 0.2) is 18.2 Å². The van der Waals surface area contributed by atoms with Crippen LogP contribution in [0.3, 0.4) is 0 Å². The molecule has 0 fully saturated rings. The average Bonchev–Trinajstić information content (AvgIpc) is 2.11. The molecule has 1 rings (SSSR count). The van der Waals surface area contributed by atoms with Crippen molar-refractivity contribution in [3.05, 3.63) is 29.6 Å². The molecule has 0 bridgehead atoms. The third kappa shape index (κ3) is 2.70. The molecule has 78 valence electrons. The Labute approximate surface area is 83.6 Å².